The Morgan fingerprint density at radius 1 is 1.07 bits per heavy atom. The van der Waals surface area contributed by atoms with Crippen LogP contribution in [0.2, 0.25) is 0 Å². The molecule has 152 valence electrons. The van der Waals surface area contributed by atoms with Gasteiger partial charge in [-0.05, 0) is 59.0 Å². The lowest BCUT2D eigenvalue weighted by molar-refractivity contribution is -0.137. The molecule has 1 heterocycles. The van der Waals surface area contributed by atoms with Gasteiger partial charge in [0.1, 0.15) is 5.82 Å². The van der Waals surface area contributed by atoms with E-state index in [0.29, 0.717) is 17.2 Å². The molecule has 3 rings (SSSR count). The highest BCUT2D eigenvalue weighted by Crippen LogP contribution is 2.29. The first-order chi connectivity index (χ1) is 13.7. The number of benzene rings is 2. The maximum atomic E-state index is 13.2. The molecule has 0 radical (unpaired) electrons. The van der Waals surface area contributed by atoms with Crippen LogP contribution in [0, 0.1) is 5.82 Å². The van der Waals surface area contributed by atoms with Crippen LogP contribution >= 0.6 is 0 Å². The van der Waals surface area contributed by atoms with Gasteiger partial charge in [-0.3, -0.25) is 4.79 Å². The number of nitrogens with two attached hydrogens (primary N) is 1. The number of carbonyl (C=O) groups is 1. The van der Waals surface area contributed by atoms with Crippen molar-refractivity contribution in [3.63, 3.8) is 0 Å². The van der Waals surface area contributed by atoms with Crippen molar-refractivity contribution in [3.05, 3.63) is 65.7 Å². The lowest BCUT2D eigenvalue weighted by atomic mass is 10.2. The first kappa shape index (κ1) is 20.2. The Morgan fingerprint density at radius 2 is 1.72 bits per heavy atom. The first-order valence-corrected chi connectivity index (χ1v) is 8.48. The zero-order valence-corrected chi connectivity index (χ0v) is 15.0. The predicted molar refractivity (Wildman–Crippen MR) is 95.4 cm³/mol. The number of nitrogens with zero attached hydrogens (tertiary/aromatic N) is 5. The summed E-state index contributed by atoms with van der Waals surface area (Å²) in [5.74, 6) is -0.615. The molecule has 0 bridgehead atoms. The lowest BCUT2D eigenvalue weighted by Gasteiger charge is -2.23. The molecule has 0 saturated carbocycles. The van der Waals surface area contributed by atoms with Crippen LogP contribution in [0.15, 0.2) is 48.5 Å². The third-order valence-corrected chi connectivity index (χ3v) is 4.13. The number of halogens is 4. The van der Waals surface area contributed by atoms with Gasteiger partial charge in [-0.15, -0.1) is 5.10 Å². The Hall–Kier alpha value is -3.50. The molecule has 29 heavy (non-hydrogen) atoms. The fraction of sp³-hybridized carbons (Fsp3) is 0.222. The largest absolute Gasteiger partial charge is 0.416 e. The molecule has 0 aliphatic rings. The minimum absolute atomic E-state index is 0.0409. The van der Waals surface area contributed by atoms with E-state index in [2.05, 4.69) is 15.5 Å². The highest BCUT2D eigenvalue weighted by atomic mass is 19.4. The van der Waals surface area contributed by atoms with Crippen molar-refractivity contribution < 1.29 is 22.4 Å². The SMILES string of the molecule is NC(=O)CCN(Cc1nnnn1-c1ccc(C(F)(F)F)cc1)c1ccc(F)cc1. The predicted octanol–water partition coefficient (Wildman–Crippen LogP) is 2.70. The van der Waals surface area contributed by atoms with Gasteiger partial charge in [0.15, 0.2) is 5.82 Å². The number of anilines is 1. The second-order valence-electron chi connectivity index (χ2n) is 6.17. The zero-order valence-electron chi connectivity index (χ0n) is 15.0. The van der Waals surface area contributed by atoms with Gasteiger partial charge in [-0.2, -0.15) is 17.9 Å². The summed E-state index contributed by atoms with van der Waals surface area (Å²) in [6.07, 6.45) is -4.41. The number of tetrazole rings is 1. The van der Waals surface area contributed by atoms with Crippen molar-refractivity contribution in [1.29, 1.82) is 0 Å². The number of alkyl halides is 3. The van der Waals surface area contributed by atoms with E-state index < -0.39 is 23.5 Å². The molecule has 0 fully saturated rings. The van der Waals surface area contributed by atoms with Gasteiger partial charge in [-0.1, -0.05) is 0 Å². The van der Waals surface area contributed by atoms with Crippen LogP contribution in [0.4, 0.5) is 23.2 Å². The molecule has 0 unspecified atom stereocenters. The number of hydrogen-bond donors (Lipinski definition) is 1. The highest BCUT2D eigenvalue weighted by Gasteiger charge is 2.30. The summed E-state index contributed by atoms with van der Waals surface area (Å²) in [5.41, 5.74) is 5.38. The van der Waals surface area contributed by atoms with Crippen molar-refractivity contribution in [3.8, 4) is 5.69 Å². The molecular formula is C18H16F4N6O. The zero-order chi connectivity index (χ0) is 21.0. The Labute approximate surface area is 162 Å². The van der Waals surface area contributed by atoms with Crippen LogP contribution in [-0.4, -0.2) is 32.7 Å². The summed E-state index contributed by atoms with van der Waals surface area (Å²) in [6, 6.07) is 9.99. The van der Waals surface area contributed by atoms with Gasteiger partial charge in [0, 0.05) is 18.7 Å². The molecule has 2 N–H and O–H groups in total. The number of amides is 1. The van der Waals surface area contributed by atoms with Gasteiger partial charge in [-0.25, -0.2) is 4.39 Å². The molecule has 0 aliphatic carbocycles. The monoisotopic (exact) mass is 408 g/mol. The van der Waals surface area contributed by atoms with Crippen molar-refractivity contribution in [1.82, 2.24) is 20.2 Å². The van der Waals surface area contributed by atoms with Gasteiger partial charge in [0.05, 0.1) is 17.8 Å². The molecule has 0 spiro atoms. The normalized spacial score (nSPS) is 11.4. The van der Waals surface area contributed by atoms with Gasteiger partial charge >= 0.3 is 6.18 Å². The van der Waals surface area contributed by atoms with E-state index in [1.165, 1.54) is 41.1 Å². The van der Waals surface area contributed by atoms with Crippen LogP contribution in [0.1, 0.15) is 17.8 Å². The molecule has 0 saturated heterocycles. The first-order valence-electron chi connectivity index (χ1n) is 8.48. The van der Waals surface area contributed by atoms with Crippen LogP contribution in [-0.2, 0) is 17.5 Å². The number of primary amides is 1. The van der Waals surface area contributed by atoms with E-state index in [4.69, 9.17) is 5.73 Å². The van der Waals surface area contributed by atoms with Crippen LogP contribution in [0.5, 0.6) is 0 Å². The van der Waals surface area contributed by atoms with Crippen LogP contribution < -0.4 is 10.6 Å². The highest BCUT2D eigenvalue weighted by molar-refractivity contribution is 5.74. The summed E-state index contributed by atoms with van der Waals surface area (Å²) in [7, 11) is 0. The minimum Gasteiger partial charge on any atom is -0.370 e. The van der Waals surface area contributed by atoms with Crippen molar-refractivity contribution in [2.24, 2.45) is 5.73 Å². The van der Waals surface area contributed by atoms with E-state index in [-0.39, 0.29) is 19.5 Å². The van der Waals surface area contributed by atoms with E-state index >= 15 is 0 Å². The Balaban J connectivity index is 1.86. The Kier molecular flexibility index (Phi) is 5.76. The topological polar surface area (TPSA) is 89.9 Å². The Morgan fingerprint density at radius 3 is 2.31 bits per heavy atom. The van der Waals surface area contributed by atoms with Crippen molar-refractivity contribution in [2.75, 3.05) is 11.4 Å². The fourth-order valence-electron chi connectivity index (χ4n) is 2.66. The smallest absolute Gasteiger partial charge is 0.370 e. The molecule has 0 aliphatic heterocycles. The third-order valence-electron chi connectivity index (χ3n) is 4.13. The summed E-state index contributed by atoms with van der Waals surface area (Å²) >= 11 is 0. The van der Waals surface area contributed by atoms with E-state index in [1.54, 1.807) is 4.90 Å². The maximum Gasteiger partial charge on any atom is 0.416 e. The summed E-state index contributed by atoms with van der Waals surface area (Å²) in [4.78, 5) is 12.9. The fourth-order valence-corrected chi connectivity index (χ4v) is 2.66. The number of carbonyl (C=O) groups excluding carboxylic acids is 1. The van der Waals surface area contributed by atoms with E-state index in [9.17, 15) is 22.4 Å². The standard InChI is InChI=1S/C18H16F4N6O/c19-13-3-7-14(8-4-13)27(10-9-16(23)29)11-17-24-25-26-28(17)15-5-1-12(2-6-15)18(20,21)22/h1-8H,9-11H2,(H2,23,29). The molecule has 1 amide bonds. The molecule has 3 aromatic rings. The molecule has 11 heteroatoms. The maximum absolute atomic E-state index is 13.2. The molecule has 7 nitrogen and oxygen atoms in total. The summed E-state index contributed by atoms with van der Waals surface area (Å²) in [6.45, 7) is 0.341. The molecule has 1 aromatic heterocycles. The molecule has 0 atom stereocenters. The third kappa shape index (κ3) is 5.06. The number of rotatable bonds is 7. The molecule has 2 aromatic carbocycles. The quantitative estimate of drug-likeness (QED) is 0.607. The van der Waals surface area contributed by atoms with Gasteiger partial charge in [0.25, 0.3) is 0 Å². The van der Waals surface area contributed by atoms with Crippen LogP contribution in [0.25, 0.3) is 5.69 Å². The summed E-state index contributed by atoms with van der Waals surface area (Å²) in [5, 5.41) is 11.3. The number of aromatic nitrogens is 4. The minimum atomic E-state index is -4.45. The van der Waals surface area contributed by atoms with Gasteiger partial charge in [0.2, 0.25) is 5.91 Å². The van der Waals surface area contributed by atoms with E-state index in [1.807, 2.05) is 0 Å². The van der Waals surface area contributed by atoms with E-state index in [0.717, 1.165) is 12.1 Å². The molecular weight excluding hydrogens is 392 g/mol. The number of hydrogen-bond acceptors (Lipinski definition) is 5. The average molecular weight is 408 g/mol. The van der Waals surface area contributed by atoms with Crippen molar-refractivity contribution in [2.45, 2.75) is 19.1 Å². The van der Waals surface area contributed by atoms with Crippen LogP contribution in [0.3, 0.4) is 0 Å². The second-order valence-corrected chi connectivity index (χ2v) is 6.17. The average Bonchev–Trinajstić information content (AvgIpc) is 3.13. The van der Waals surface area contributed by atoms with Crippen molar-refractivity contribution >= 4 is 11.6 Å². The van der Waals surface area contributed by atoms with Gasteiger partial charge < -0.3 is 10.6 Å². The Bertz CT molecular complexity index is 969. The second kappa shape index (κ2) is 8.25. The lowest BCUT2D eigenvalue weighted by Crippen LogP contribution is -2.29. The summed E-state index contributed by atoms with van der Waals surface area (Å²) < 4.78 is 52.8.